The van der Waals surface area contributed by atoms with E-state index in [4.69, 9.17) is 0 Å². The lowest BCUT2D eigenvalue weighted by Gasteiger charge is -2.23. The number of rotatable bonds is 6. The Balaban J connectivity index is 1.48. The number of nitrogens with one attached hydrogen (secondary N) is 3. The molecule has 1 aliphatic rings. The molecule has 0 saturated carbocycles. The third kappa shape index (κ3) is 4.36. The summed E-state index contributed by atoms with van der Waals surface area (Å²) in [5.74, 6) is 0.136. The number of hydrogen-bond acceptors (Lipinski definition) is 6. The van der Waals surface area contributed by atoms with Crippen molar-refractivity contribution >= 4 is 29.0 Å². The summed E-state index contributed by atoms with van der Waals surface area (Å²) in [7, 11) is 1.81. The Hall–Kier alpha value is -4.53. The maximum absolute atomic E-state index is 13.0. The molecule has 9 nitrogen and oxygen atoms in total. The van der Waals surface area contributed by atoms with Crippen molar-refractivity contribution in [1.82, 2.24) is 24.8 Å². The van der Waals surface area contributed by atoms with Gasteiger partial charge >= 0.3 is 0 Å². The molecule has 3 N–H and O–H groups in total. The molecule has 34 heavy (non-hydrogen) atoms. The topological polar surface area (TPSA) is 116 Å². The first-order chi connectivity index (χ1) is 16.6. The molecule has 5 rings (SSSR count). The highest BCUT2D eigenvalue weighted by atomic mass is 16.2. The second-order valence-corrected chi connectivity index (χ2v) is 8.05. The number of amides is 2. The maximum atomic E-state index is 13.0. The molecule has 4 aromatic rings. The van der Waals surface area contributed by atoms with Crippen molar-refractivity contribution in [3.63, 3.8) is 0 Å². The first-order valence-corrected chi connectivity index (χ1v) is 10.9. The SMILES string of the molecule is CN1CCc2[nH]c(-c3ccnc(NC(=O)Cc4cnccn4)c3)c(Nc3ccccc3)c2C1=O. The van der Waals surface area contributed by atoms with Crippen LogP contribution in [-0.4, -0.2) is 50.2 Å². The van der Waals surface area contributed by atoms with E-state index in [1.54, 1.807) is 42.8 Å². The average molecular weight is 454 g/mol. The normalized spacial score (nSPS) is 12.9. The number of aromatic nitrogens is 4. The van der Waals surface area contributed by atoms with Gasteiger partial charge in [-0.1, -0.05) is 18.2 Å². The molecule has 170 valence electrons. The van der Waals surface area contributed by atoms with Crippen molar-refractivity contribution < 1.29 is 9.59 Å². The molecule has 3 aromatic heterocycles. The zero-order valence-electron chi connectivity index (χ0n) is 18.6. The van der Waals surface area contributed by atoms with Crippen LogP contribution in [0.1, 0.15) is 21.7 Å². The summed E-state index contributed by atoms with van der Waals surface area (Å²) < 4.78 is 0. The molecule has 2 amide bonds. The molecule has 9 heteroatoms. The van der Waals surface area contributed by atoms with Gasteiger partial charge in [-0.05, 0) is 24.3 Å². The summed E-state index contributed by atoms with van der Waals surface area (Å²) in [5.41, 5.74) is 5.25. The second-order valence-electron chi connectivity index (χ2n) is 8.05. The zero-order valence-corrected chi connectivity index (χ0v) is 18.6. The molecule has 1 aromatic carbocycles. The average Bonchev–Trinajstić information content (AvgIpc) is 3.22. The smallest absolute Gasteiger partial charge is 0.257 e. The third-order valence-corrected chi connectivity index (χ3v) is 5.65. The van der Waals surface area contributed by atoms with E-state index in [2.05, 4.69) is 30.6 Å². The lowest BCUT2D eigenvalue weighted by molar-refractivity contribution is -0.115. The lowest BCUT2D eigenvalue weighted by atomic mass is 10.0. The van der Waals surface area contributed by atoms with E-state index >= 15 is 0 Å². The van der Waals surface area contributed by atoms with Crippen molar-refractivity contribution in [2.75, 3.05) is 24.2 Å². The van der Waals surface area contributed by atoms with E-state index in [0.29, 0.717) is 29.3 Å². The highest BCUT2D eigenvalue weighted by Gasteiger charge is 2.30. The van der Waals surface area contributed by atoms with Gasteiger partial charge in [-0.3, -0.25) is 19.6 Å². The van der Waals surface area contributed by atoms with Crippen molar-refractivity contribution in [3.8, 4) is 11.3 Å². The van der Waals surface area contributed by atoms with Crippen molar-refractivity contribution in [2.45, 2.75) is 12.8 Å². The third-order valence-electron chi connectivity index (χ3n) is 5.65. The fourth-order valence-corrected chi connectivity index (χ4v) is 3.98. The van der Waals surface area contributed by atoms with Gasteiger partial charge in [0.2, 0.25) is 5.91 Å². The molecule has 0 saturated heterocycles. The lowest BCUT2D eigenvalue weighted by Crippen LogP contribution is -2.34. The van der Waals surface area contributed by atoms with E-state index in [9.17, 15) is 9.59 Å². The van der Waals surface area contributed by atoms with Crippen molar-refractivity contribution in [3.05, 3.63) is 84.2 Å². The van der Waals surface area contributed by atoms with Crippen LogP contribution in [0.25, 0.3) is 11.3 Å². The Bertz CT molecular complexity index is 1340. The van der Waals surface area contributed by atoms with Crippen molar-refractivity contribution in [2.24, 2.45) is 0 Å². The van der Waals surface area contributed by atoms with Crippen LogP contribution in [0, 0.1) is 0 Å². The number of carbonyl (C=O) groups is 2. The quantitative estimate of drug-likeness (QED) is 0.412. The number of pyridine rings is 1. The predicted octanol–water partition coefficient (Wildman–Crippen LogP) is 3.42. The minimum atomic E-state index is -0.240. The Kier molecular flexibility index (Phi) is 5.73. The van der Waals surface area contributed by atoms with Crippen LogP contribution >= 0.6 is 0 Å². The van der Waals surface area contributed by atoms with Gasteiger partial charge in [0, 0.05) is 61.7 Å². The minimum Gasteiger partial charge on any atom is -0.356 e. The Morgan fingerprint density at radius 1 is 1.12 bits per heavy atom. The summed E-state index contributed by atoms with van der Waals surface area (Å²) in [6, 6.07) is 13.3. The van der Waals surface area contributed by atoms with Gasteiger partial charge in [0.1, 0.15) is 5.82 Å². The summed E-state index contributed by atoms with van der Waals surface area (Å²) in [6.45, 7) is 0.649. The number of H-pyrrole nitrogens is 1. The van der Waals surface area contributed by atoms with Gasteiger partial charge in [0.15, 0.2) is 0 Å². The van der Waals surface area contributed by atoms with E-state index in [0.717, 1.165) is 29.1 Å². The summed E-state index contributed by atoms with van der Waals surface area (Å²) >= 11 is 0. The monoisotopic (exact) mass is 453 g/mol. The largest absolute Gasteiger partial charge is 0.356 e. The van der Waals surface area contributed by atoms with Crippen molar-refractivity contribution in [1.29, 1.82) is 0 Å². The number of likely N-dealkylation sites (N-methyl/N-ethyl adjacent to an activating group) is 1. The van der Waals surface area contributed by atoms with Gasteiger partial charge < -0.3 is 20.5 Å². The van der Waals surface area contributed by atoms with Gasteiger partial charge in [-0.25, -0.2) is 4.98 Å². The molecule has 0 radical (unpaired) electrons. The van der Waals surface area contributed by atoms with Crippen LogP contribution in [0.15, 0.2) is 67.3 Å². The second kappa shape index (κ2) is 9.14. The Morgan fingerprint density at radius 2 is 1.97 bits per heavy atom. The fourth-order valence-electron chi connectivity index (χ4n) is 3.98. The molecule has 4 heterocycles. The summed E-state index contributed by atoms with van der Waals surface area (Å²) in [5, 5.41) is 6.24. The van der Waals surface area contributed by atoms with Crippen LogP contribution in [0.2, 0.25) is 0 Å². The highest BCUT2D eigenvalue weighted by Crippen LogP contribution is 2.38. The highest BCUT2D eigenvalue weighted by molar-refractivity contribution is 6.06. The number of para-hydroxylation sites is 1. The Morgan fingerprint density at radius 3 is 2.76 bits per heavy atom. The number of aromatic amines is 1. The molecule has 1 aliphatic heterocycles. The number of hydrogen-bond donors (Lipinski definition) is 3. The Labute approximate surface area is 196 Å². The van der Waals surface area contributed by atoms with Crippen LogP contribution in [0.3, 0.4) is 0 Å². The predicted molar refractivity (Wildman–Crippen MR) is 129 cm³/mol. The van der Waals surface area contributed by atoms with E-state index < -0.39 is 0 Å². The van der Waals surface area contributed by atoms with Crippen LogP contribution < -0.4 is 10.6 Å². The number of fused-ring (bicyclic) bond motifs is 1. The molecule has 0 atom stereocenters. The molecule has 0 unspecified atom stereocenters. The summed E-state index contributed by atoms with van der Waals surface area (Å²) in [4.78, 5) is 43.1. The van der Waals surface area contributed by atoms with Gasteiger partial charge in [-0.2, -0.15) is 0 Å². The van der Waals surface area contributed by atoms with Crippen LogP contribution in [0.4, 0.5) is 17.2 Å². The van der Waals surface area contributed by atoms with E-state index in [1.807, 2.05) is 36.4 Å². The number of benzene rings is 1. The molecular formula is C25H23N7O2. The zero-order chi connectivity index (χ0) is 23.5. The first-order valence-electron chi connectivity index (χ1n) is 10.9. The first kappa shape index (κ1) is 21.3. The van der Waals surface area contributed by atoms with E-state index in [-0.39, 0.29) is 18.2 Å². The van der Waals surface area contributed by atoms with Crippen LogP contribution in [0.5, 0.6) is 0 Å². The van der Waals surface area contributed by atoms with E-state index in [1.165, 1.54) is 0 Å². The summed E-state index contributed by atoms with van der Waals surface area (Å²) in [6.07, 6.45) is 7.13. The standard InChI is InChI=1S/C25H23N7O2/c1-32-12-8-19-22(25(32)34)24(29-17-5-3-2-4-6-17)23(30-19)16-7-9-28-20(13-16)31-21(33)14-18-15-26-10-11-27-18/h2-7,9-11,13,15,29-30H,8,12,14H2,1H3,(H,28,31,33). The molecule has 0 bridgehead atoms. The molecular weight excluding hydrogens is 430 g/mol. The van der Waals surface area contributed by atoms with Gasteiger partial charge in [0.05, 0.1) is 29.1 Å². The van der Waals surface area contributed by atoms with Gasteiger partial charge in [-0.15, -0.1) is 0 Å². The molecule has 0 spiro atoms. The maximum Gasteiger partial charge on any atom is 0.257 e. The molecule has 0 fully saturated rings. The number of carbonyl (C=O) groups excluding carboxylic acids is 2. The number of nitrogens with zero attached hydrogens (tertiary/aromatic N) is 4. The van der Waals surface area contributed by atoms with Gasteiger partial charge in [0.25, 0.3) is 5.91 Å². The number of anilines is 3. The van der Waals surface area contributed by atoms with Crippen LogP contribution in [-0.2, 0) is 17.6 Å². The fraction of sp³-hybridized carbons (Fsp3) is 0.160. The minimum absolute atomic E-state index is 0.0336. The molecule has 0 aliphatic carbocycles.